The monoisotopic (exact) mass is 572 g/mol. The van der Waals surface area contributed by atoms with Crippen molar-refractivity contribution >= 4 is 22.1 Å². The zero-order chi connectivity index (χ0) is 28.1. The van der Waals surface area contributed by atoms with Crippen molar-refractivity contribution in [1.29, 1.82) is 0 Å². The first-order chi connectivity index (χ1) is 18.3. The third-order valence-corrected chi connectivity index (χ3v) is 7.02. The summed E-state index contributed by atoms with van der Waals surface area (Å²) in [6.45, 7) is 4.38. The van der Waals surface area contributed by atoms with Gasteiger partial charge in [0.2, 0.25) is 0 Å². The number of hydrogen-bond acceptors (Lipinski definition) is 7. The Balaban J connectivity index is 0.0000144. The number of carbonyl (C=O) groups is 2. The normalized spacial score (nSPS) is 11.6. The number of unbranched alkanes of at least 4 members (excludes halogenated alkanes) is 12. The molecule has 0 amide bonds. The molecule has 0 aliphatic heterocycles. The van der Waals surface area contributed by atoms with Crippen LogP contribution in [-0.4, -0.2) is 38.1 Å². The Bertz CT molecular complexity index is 987. The van der Waals surface area contributed by atoms with E-state index in [-0.39, 0.29) is 53.9 Å². The average Bonchev–Trinajstić information content (AvgIpc) is 2.89. The molecule has 0 saturated carbocycles. The second-order valence-electron chi connectivity index (χ2n) is 9.39. The first kappa shape index (κ1) is 37.6. The van der Waals surface area contributed by atoms with E-state index in [9.17, 15) is 22.6 Å². The van der Waals surface area contributed by atoms with Crippen LogP contribution in [0, 0.1) is 0 Å². The van der Waals surface area contributed by atoms with Crippen LogP contribution in [0.25, 0.3) is 0 Å². The Morgan fingerprint density at radius 1 is 0.692 bits per heavy atom. The molecule has 0 radical (unpaired) electrons. The van der Waals surface area contributed by atoms with Gasteiger partial charge in [-0.2, -0.15) is 0 Å². The fourth-order valence-electron chi connectivity index (χ4n) is 3.99. The van der Waals surface area contributed by atoms with E-state index in [1.807, 2.05) is 13.8 Å². The fourth-order valence-corrected chi connectivity index (χ4v) is 4.48. The SMILES string of the molecule is C/C=C/CCCCCCCCOC(=O)c1ccc(S(=O)(=O)[O-])cc1C(=O)OCCCCCCCC/C=C/C.[Na+]. The molecule has 0 atom stereocenters. The Hall–Kier alpha value is -1.45. The molecule has 0 N–H and O–H groups in total. The van der Waals surface area contributed by atoms with Gasteiger partial charge in [0.15, 0.2) is 0 Å². The van der Waals surface area contributed by atoms with E-state index in [2.05, 4.69) is 24.3 Å². The molecule has 1 rings (SSSR count). The molecular formula is C30H45NaO7S. The standard InChI is InChI=1S/C30H46O7S.Na/c1-3-5-7-9-11-13-15-17-19-23-36-29(31)27-22-21-26(38(33,34)35)25-28(27)30(32)37-24-20-18-16-14-12-10-8-6-4-2;/h3-6,21-22,25H,7-20,23-24H2,1-2H3,(H,33,34,35);/q;+1/p-1/b5-3+,6-4+;. The minimum Gasteiger partial charge on any atom is -0.744 e. The van der Waals surface area contributed by atoms with Gasteiger partial charge >= 0.3 is 41.5 Å². The minimum absolute atomic E-state index is 0. The van der Waals surface area contributed by atoms with Crippen molar-refractivity contribution in [2.24, 2.45) is 0 Å². The quantitative estimate of drug-likeness (QED) is 0.0700. The van der Waals surface area contributed by atoms with Crippen molar-refractivity contribution < 1.29 is 61.6 Å². The van der Waals surface area contributed by atoms with Crippen LogP contribution in [0.2, 0.25) is 0 Å². The molecule has 7 nitrogen and oxygen atoms in total. The minimum atomic E-state index is -4.80. The van der Waals surface area contributed by atoms with Gasteiger partial charge in [0, 0.05) is 0 Å². The van der Waals surface area contributed by atoms with Crippen LogP contribution < -0.4 is 29.6 Å². The summed E-state index contributed by atoms with van der Waals surface area (Å²) >= 11 is 0. The Labute approximate surface area is 257 Å². The first-order valence-corrected chi connectivity index (χ1v) is 15.4. The number of benzene rings is 1. The largest absolute Gasteiger partial charge is 1.00 e. The molecule has 39 heavy (non-hydrogen) atoms. The number of allylic oxidation sites excluding steroid dienone is 4. The molecule has 0 fully saturated rings. The predicted octanol–water partition coefficient (Wildman–Crippen LogP) is 4.52. The second kappa shape index (κ2) is 23.3. The Kier molecular flexibility index (Phi) is 22.4. The molecule has 0 aromatic heterocycles. The zero-order valence-corrected chi connectivity index (χ0v) is 26.9. The molecule has 0 unspecified atom stereocenters. The summed E-state index contributed by atoms with van der Waals surface area (Å²) in [6, 6.07) is 3.06. The number of hydrogen-bond donors (Lipinski definition) is 0. The summed E-state index contributed by atoms with van der Waals surface area (Å²) in [5.74, 6) is -1.58. The molecule has 0 aliphatic rings. The fraction of sp³-hybridized carbons (Fsp3) is 0.600. The van der Waals surface area contributed by atoms with Gasteiger partial charge in [-0.15, -0.1) is 0 Å². The van der Waals surface area contributed by atoms with Crippen LogP contribution in [0.4, 0.5) is 0 Å². The third-order valence-electron chi connectivity index (χ3n) is 6.19. The van der Waals surface area contributed by atoms with Crippen LogP contribution in [0.1, 0.15) is 124 Å². The first-order valence-electron chi connectivity index (χ1n) is 14.0. The van der Waals surface area contributed by atoms with Gasteiger partial charge in [-0.25, -0.2) is 18.0 Å². The molecule has 1 aromatic carbocycles. The van der Waals surface area contributed by atoms with Crippen molar-refractivity contribution in [3.05, 3.63) is 53.6 Å². The maximum atomic E-state index is 12.7. The van der Waals surface area contributed by atoms with Gasteiger partial charge in [-0.1, -0.05) is 75.7 Å². The zero-order valence-electron chi connectivity index (χ0n) is 24.1. The van der Waals surface area contributed by atoms with Crippen LogP contribution >= 0.6 is 0 Å². The smallest absolute Gasteiger partial charge is 0.744 e. The summed E-state index contributed by atoms with van der Waals surface area (Å²) in [4.78, 5) is 24.7. The molecule has 0 spiro atoms. The summed E-state index contributed by atoms with van der Waals surface area (Å²) in [7, 11) is -4.80. The van der Waals surface area contributed by atoms with Crippen molar-refractivity contribution in [2.75, 3.05) is 13.2 Å². The van der Waals surface area contributed by atoms with Crippen molar-refractivity contribution in [1.82, 2.24) is 0 Å². The van der Waals surface area contributed by atoms with Crippen molar-refractivity contribution in [2.45, 2.75) is 109 Å². The molecule has 0 heterocycles. The van der Waals surface area contributed by atoms with E-state index < -0.39 is 27.0 Å². The van der Waals surface area contributed by atoms with E-state index in [0.29, 0.717) is 12.8 Å². The Morgan fingerprint density at radius 3 is 1.54 bits per heavy atom. The maximum absolute atomic E-state index is 12.7. The molecular weight excluding hydrogens is 527 g/mol. The van der Waals surface area contributed by atoms with Crippen LogP contribution in [0.3, 0.4) is 0 Å². The van der Waals surface area contributed by atoms with Crippen molar-refractivity contribution in [3.8, 4) is 0 Å². The van der Waals surface area contributed by atoms with E-state index in [1.54, 1.807) is 0 Å². The van der Waals surface area contributed by atoms with E-state index >= 15 is 0 Å². The van der Waals surface area contributed by atoms with Gasteiger partial charge in [0.05, 0.1) is 29.2 Å². The van der Waals surface area contributed by atoms with E-state index in [1.165, 1.54) is 12.8 Å². The van der Waals surface area contributed by atoms with Crippen LogP contribution in [0.5, 0.6) is 0 Å². The van der Waals surface area contributed by atoms with E-state index in [0.717, 1.165) is 82.4 Å². The average molecular weight is 573 g/mol. The predicted molar refractivity (Wildman–Crippen MR) is 149 cm³/mol. The number of ether oxygens (including phenoxy) is 2. The molecule has 1 aromatic rings. The molecule has 0 aliphatic carbocycles. The molecule has 0 bridgehead atoms. The van der Waals surface area contributed by atoms with Gasteiger partial charge in [0.25, 0.3) is 0 Å². The summed E-state index contributed by atoms with van der Waals surface area (Å²) in [5.41, 5.74) is -0.371. The van der Waals surface area contributed by atoms with Gasteiger partial charge < -0.3 is 14.0 Å². The molecule has 9 heteroatoms. The molecule has 214 valence electrons. The van der Waals surface area contributed by atoms with Gasteiger partial charge in [-0.3, -0.25) is 0 Å². The molecule has 0 saturated heterocycles. The number of esters is 2. The van der Waals surface area contributed by atoms with Gasteiger partial charge in [-0.05, 0) is 70.6 Å². The maximum Gasteiger partial charge on any atom is 1.00 e. The summed E-state index contributed by atoms with van der Waals surface area (Å²) in [5, 5.41) is 0. The van der Waals surface area contributed by atoms with Gasteiger partial charge in [0.1, 0.15) is 10.1 Å². The van der Waals surface area contributed by atoms with Crippen LogP contribution in [-0.2, 0) is 19.6 Å². The van der Waals surface area contributed by atoms with E-state index in [4.69, 9.17) is 9.47 Å². The second-order valence-corrected chi connectivity index (χ2v) is 10.8. The Morgan fingerprint density at radius 2 is 1.10 bits per heavy atom. The van der Waals surface area contributed by atoms with Crippen molar-refractivity contribution in [3.63, 3.8) is 0 Å². The topological polar surface area (TPSA) is 110 Å². The van der Waals surface area contributed by atoms with Crippen LogP contribution in [0.15, 0.2) is 47.4 Å². The third kappa shape index (κ3) is 17.8. The number of rotatable bonds is 21. The summed E-state index contributed by atoms with van der Waals surface area (Å²) < 4.78 is 45.0. The summed E-state index contributed by atoms with van der Waals surface area (Å²) in [6.07, 6.45) is 22.8. The number of carbonyl (C=O) groups excluding carboxylic acids is 2.